The molecular formula is C24H36N4O4. The summed E-state index contributed by atoms with van der Waals surface area (Å²) < 4.78 is 2.87. The first-order valence-electron chi connectivity index (χ1n) is 11.7. The Hall–Kier alpha value is -2.61. The highest BCUT2D eigenvalue weighted by Gasteiger charge is 2.29. The van der Waals surface area contributed by atoms with E-state index in [9.17, 15) is 19.5 Å². The van der Waals surface area contributed by atoms with Gasteiger partial charge in [-0.05, 0) is 63.7 Å². The number of hydrogen-bond acceptors (Lipinski definition) is 4. The number of rotatable bonds is 8. The van der Waals surface area contributed by atoms with Crippen LogP contribution in [-0.4, -0.2) is 57.3 Å². The maximum Gasteiger partial charge on any atom is 0.337 e. The van der Waals surface area contributed by atoms with Gasteiger partial charge >= 0.3 is 17.7 Å². The molecule has 0 bridgehead atoms. The fourth-order valence-electron chi connectivity index (χ4n) is 4.61. The summed E-state index contributed by atoms with van der Waals surface area (Å²) in [6.45, 7) is 10.6. The van der Waals surface area contributed by atoms with Crippen LogP contribution in [0.15, 0.2) is 29.1 Å². The number of carbonyl (C=O) groups is 2. The lowest BCUT2D eigenvalue weighted by molar-refractivity contribution is -0.144. The van der Waals surface area contributed by atoms with E-state index in [0.717, 1.165) is 37.9 Å². The van der Waals surface area contributed by atoms with Gasteiger partial charge in [-0.3, -0.25) is 9.36 Å². The van der Waals surface area contributed by atoms with Crippen molar-refractivity contribution in [3.05, 3.63) is 34.7 Å². The highest BCUT2D eigenvalue weighted by Crippen LogP contribution is 2.22. The Labute approximate surface area is 189 Å². The zero-order valence-electron chi connectivity index (χ0n) is 19.6. The third kappa shape index (κ3) is 5.06. The maximum atomic E-state index is 12.9. The molecule has 1 aliphatic rings. The number of likely N-dealkylation sites (tertiary alicyclic amines) is 1. The molecule has 2 atom stereocenters. The second-order valence-corrected chi connectivity index (χ2v) is 9.33. The third-order valence-electron chi connectivity index (χ3n) is 6.85. The molecule has 1 aliphatic heterocycles. The smallest absolute Gasteiger partial charge is 0.337 e. The lowest BCUT2D eigenvalue weighted by atomic mass is 9.89. The minimum atomic E-state index is -0.722. The second-order valence-electron chi connectivity index (χ2n) is 9.33. The molecule has 1 amide bonds. The molecule has 0 aliphatic carbocycles. The van der Waals surface area contributed by atoms with E-state index in [1.54, 1.807) is 10.6 Å². The van der Waals surface area contributed by atoms with E-state index in [4.69, 9.17) is 0 Å². The van der Waals surface area contributed by atoms with Crippen LogP contribution in [0.3, 0.4) is 0 Å². The van der Waals surface area contributed by atoms with Crippen molar-refractivity contribution in [1.29, 1.82) is 0 Å². The standard InChI is InChI=1S/C24H36N4O4/c1-5-17(4)19(22(29)30)15-26-12-10-18(11-13-26)14-25-23(31)28-21-9-7-6-8-20(21)27(16(2)3)24(28)32/h6-9,16-19H,5,10-15H2,1-4H3,(H,25,31)(H,29,30). The van der Waals surface area contributed by atoms with Gasteiger partial charge in [-0.2, -0.15) is 0 Å². The molecule has 0 spiro atoms. The number of amides is 1. The van der Waals surface area contributed by atoms with Crippen molar-refractivity contribution in [2.24, 2.45) is 17.8 Å². The molecule has 32 heavy (non-hydrogen) atoms. The molecular weight excluding hydrogens is 408 g/mol. The zero-order valence-corrected chi connectivity index (χ0v) is 19.6. The fourth-order valence-corrected chi connectivity index (χ4v) is 4.61. The largest absolute Gasteiger partial charge is 0.481 e. The molecule has 3 rings (SSSR count). The first-order valence-corrected chi connectivity index (χ1v) is 11.7. The lowest BCUT2D eigenvalue weighted by Gasteiger charge is -2.34. The average Bonchev–Trinajstić information content (AvgIpc) is 3.07. The minimum Gasteiger partial charge on any atom is -0.481 e. The Morgan fingerprint density at radius 1 is 1.12 bits per heavy atom. The van der Waals surface area contributed by atoms with E-state index in [1.165, 1.54) is 4.57 Å². The number of carboxylic acid groups (broad SMARTS) is 1. The van der Waals surface area contributed by atoms with Gasteiger partial charge in [-0.15, -0.1) is 0 Å². The number of carbonyl (C=O) groups excluding carboxylic acids is 1. The highest BCUT2D eigenvalue weighted by atomic mass is 16.4. The summed E-state index contributed by atoms with van der Waals surface area (Å²) in [6, 6.07) is 6.92. The molecule has 176 valence electrons. The van der Waals surface area contributed by atoms with Crippen molar-refractivity contribution >= 4 is 23.0 Å². The van der Waals surface area contributed by atoms with Crippen LogP contribution >= 0.6 is 0 Å². The topological polar surface area (TPSA) is 96.6 Å². The van der Waals surface area contributed by atoms with Crippen molar-refractivity contribution in [3.8, 4) is 0 Å². The molecule has 2 aromatic rings. The summed E-state index contributed by atoms with van der Waals surface area (Å²) in [5.41, 5.74) is 1.05. The second kappa shape index (κ2) is 10.3. The van der Waals surface area contributed by atoms with E-state index in [-0.39, 0.29) is 23.6 Å². The van der Waals surface area contributed by atoms with Crippen molar-refractivity contribution in [1.82, 2.24) is 19.4 Å². The van der Waals surface area contributed by atoms with Crippen molar-refractivity contribution < 1.29 is 14.7 Å². The quantitative estimate of drug-likeness (QED) is 0.650. The van der Waals surface area contributed by atoms with Gasteiger partial charge in [0.05, 0.1) is 17.0 Å². The number of fused-ring (bicyclic) bond motifs is 1. The van der Waals surface area contributed by atoms with E-state index < -0.39 is 12.0 Å². The van der Waals surface area contributed by atoms with Gasteiger partial charge in [0.2, 0.25) is 0 Å². The summed E-state index contributed by atoms with van der Waals surface area (Å²) >= 11 is 0. The number of para-hydroxylation sites is 2. The number of piperidine rings is 1. The van der Waals surface area contributed by atoms with Crippen LogP contribution in [0.2, 0.25) is 0 Å². The normalized spacial score (nSPS) is 17.5. The Kier molecular flexibility index (Phi) is 7.77. The van der Waals surface area contributed by atoms with Gasteiger partial charge in [0.25, 0.3) is 0 Å². The summed E-state index contributed by atoms with van der Waals surface area (Å²) in [6.07, 6.45) is 2.65. The van der Waals surface area contributed by atoms with Crippen molar-refractivity contribution in [2.45, 2.75) is 53.0 Å². The molecule has 2 unspecified atom stereocenters. The van der Waals surface area contributed by atoms with Crippen LogP contribution in [0.1, 0.15) is 53.0 Å². The minimum absolute atomic E-state index is 0.0455. The maximum absolute atomic E-state index is 12.9. The van der Waals surface area contributed by atoms with Gasteiger partial charge in [0, 0.05) is 19.1 Å². The Morgan fingerprint density at radius 2 is 1.75 bits per heavy atom. The summed E-state index contributed by atoms with van der Waals surface area (Å²) in [5.74, 6) is -0.604. The SMILES string of the molecule is CCC(C)C(CN1CCC(CNC(=O)n2c(=O)n(C(C)C)c3ccccc32)CC1)C(=O)O. The zero-order chi connectivity index (χ0) is 23.4. The van der Waals surface area contributed by atoms with Crippen LogP contribution in [0, 0.1) is 17.8 Å². The number of nitrogens with one attached hydrogen (secondary N) is 1. The predicted molar refractivity (Wildman–Crippen MR) is 125 cm³/mol. The van der Waals surface area contributed by atoms with Gasteiger partial charge in [0.15, 0.2) is 0 Å². The summed E-state index contributed by atoms with van der Waals surface area (Å²) in [5, 5.41) is 12.5. The number of aromatic nitrogens is 2. The molecule has 1 fully saturated rings. The monoisotopic (exact) mass is 444 g/mol. The van der Waals surface area contributed by atoms with E-state index in [1.807, 2.05) is 45.9 Å². The molecule has 1 saturated heterocycles. The molecule has 0 saturated carbocycles. The number of nitrogens with zero attached hydrogens (tertiary/aromatic N) is 3. The predicted octanol–water partition coefficient (Wildman–Crippen LogP) is 3.40. The molecule has 1 aromatic heterocycles. The number of carboxylic acids is 1. The van der Waals surface area contributed by atoms with Crippen LogP contribution in [0.5, 0.6) is 0 Å². The highest BCUT2D eigenvalue weighted by molar-refractivity contribution is 5.89. The van der Waals surface area contributed by atoms with E-state index >= 15 is 0 Å². The Morgan fingerprint density at radius 3 is 2.31 bits per heavy atom. The summed E-state index contributed by atoms with van der Waals surface area (Å²) in [4.78, 5) is 39.7. The van der Waals surface area contributed by atoms with Crippen molar-refractivity contribution in [2.75, 3.05) is 26.2 Å². The summed E-state index contributed by atoms with van der Waals surface area (Å²) in [7, 11) is 0. The number of benzene rings is 1. The molecule has 2 N–H and O–H groups in total. The molecule has 1 aromatic carbocycles. The first kappa shape index (κ1) is 24.0. The first-order chi connectivity index (χ1) is 15.2. The van der Waals surface area contributed by atoms with Gasteiger partial charge in [-0.25, -0.2) is 14.2 Å². The van der Waals surface area contributed by atoms with Gasteiger partial charge in [-0.1, -0.05) is 32.4 Å². The Balaban J connectivity index is 1.59. The Bertz CT molecular complexity index is 1000. The van der Waals surface area contributed by atoms with Crippen LogP contribution in [-0.2, 0) is 4.79 Å². The van der Waals surface area contributed by atoms with E-state index in [2.05, 4.69) is 10.2 Å². The number of aliphatic carboxylic acids is 1. The number of imidazole rings is 1. The third-order valence-corrected chi connectivity index (χ3v) is 6.85. The van der Waals surface area contributed by atoms with Crippen LogP contribution in [0.4, 0.5) is 4.79 Å². The molecule has 8 heteroatoms. The van der Waals surface area contributed by atoms with Crippen LogP contribution < -0.4 is 11.0 Å². The van der Waals surface area contributed by atoms with E-state index in [0.29, 0.717) is 24.5 Å². The fraction of sp³-hybridized carbons (Fsp3) is 0.625. The van der Waals surface area contributed by atoms with Crippen LogP contribution in [0.25, 0.3) is 11.0 Å². The van der Waals surface area contributed by atoms with Gasteiger partial charge < -0.3 is 15.3 Å². The lowest BCUT2D eigenvalue weighted by Crippen LogP contribution is -2.44. The molecule has 2 heterocycles. The average molecular weight is 445 g/mol. The van der Waals surface area contributed by atoms with Crippen molar-refractivity contribution in [3.63, 3.8) is 0 Å². The molecule has 0 radical (unpaired) electrons. The molecule has 8 nitrogen and oxygen atoms in total. The number of hydrogen-bond donors (Lipinski definition) is 2. The van der Waals surface area contributed by atoms with Gasteiger partial charge in [0.1, 0.15) is 0 Å².